The predicted molar refractivity (Wildman–Crippen MR) is 77.4 cm³/mol. The number of hydrogen-bond acceptors (Lipinski definition) is 3. The van der Waals surface area contributed by atoms with Crippen molar-refractivity contribution < 1.29 is 9.90 Å². The highest BCUT2D eigenvalue weighted by molar-refractivity contribution is 5.78. The number of aliphatic carboxylic acids is 1. The van der Waals surface area contributed by atoms with E-state index in [0.717, 1.165) is 49.1 Å². The van der Waals surface area contributed by atoms with Crippen LogP contribution in [0.1, 0.15) is 18.5 Å². The van der Waals surface area contributed by atoms with Crippen molar-refractivity contribution in [2.45, 2.75) is 19.4 Å². The molecule has 1 aliphatic heterocycles. The average Bonchev–Trinajstić information content (AvgIpc) is 2.48. The van der Waals surface area contributed by atoms with Crippen LogP contribution in [0.3, 0.4) is 0 Å². The molecule has 4 heteroatoms. The van der Waals surface area contributed by atoms with Crippen LogP contribution < -0.4 is 0 Å². The van der Waals surface area contributed by atoms with E-state index in [1.807, 2.05) is 18.2 Å². The SMILES string of the molecule is O=C(O)C1CCN(Cc2ccc3ccccc3n2)CC1. The van der Waals surface area contributed by atoms with Crippen molar-refractivity contribution in [2.75, 3.05) is 13.1 Å². The number of fused-ring (bicyclic) bond motifs is 1. The predicted octanol–water partition coefficient (Wildman–Crippen LogP) is 2.53. The van der Waals surface area contributed by atoms with Crippen LogP contribution in [0.4, 0.5) is 0 Å². The molecule has 0 unspecified atom stereocenters. The van der Waals surface area contributed by atoms with Crippen LogP contribution in [0.25, 0.3) is 10.9 Å². The first kappa shape index (κ1) is 13.1. The van der Waals surface area contributed by atoms with Gasteiger partial charge in [0.2, 0.25) is 0 Å². The van der Waals surface area contributed by atoms with Crippen molar-refractivity contribution in [3.8, 4) is 0 Å². The molecule has 2 aromatic rings. The minimum atomic E-state index is -0.659. The first-order valence-corrected chi connectivity index (χ1v) is 7.02. The Morgan fingerprint density at radius 1 is 1.20 bits per heavy atom. The molecule has 1 saturated heterocycles. The summed E-state index contributed by atoms with van der Waals surface area (Å²) in [5, 5.41) is 10.2. The standard InChI is InChI=1S/C16H18N2O2/c19-16(20)13-7-9-18(10-8-13)11-14-6-5-12-3-1-2-4-15(12)17-14/h1-6,13H,7-11H2,(H,19,20). The van der Waals surface area contributed by atoms with E-state index in [1.54, 1.807) is 0 Å². The lowest BCUT2D eigenvalue weighted by Crippen LogP contribution is -2.36. The van der Waals surface area contributed by atoms with E-state index in [9.17, 15) is 4.79 Å². The van der Waals surface area contributed by atoms with Crippen LogP contribution in [0.15, 0.2) is 36.4 Å². The molecule has 2 heterocycles. The van der Waals surface area contributed by atoms with E-state index in [0.29, 0.717) is 0 Å². The lowest BCUT2D eigenvalue weighted by molar-refractivity contribution is -0.143. The molecule has 1 N–H and O–H groups in total. The van der Waals surface area contributed by atoms with Crippen LogP contribution >= 0.6 is 0 Å². The Labute approximate surface area is 118 Å². The van der Waals surface area contributed by atoms with Gasteiger partial charge in [0, 0.05) is 11.9 Å². The minimum absolute atomic E-state index is 0.171. The summed E-state index contributed by atoms with van der Waals surface area (Å²) in [5.74, 6) is -0.829. The Morgan fingerprint density at radius 2 is 1.95 bits per heavy atom. The number of hydrogen-bond donors (Lipinski definition) is 1. The number of pyridine rings is 1. The Morgan fingerprint density at radius 3 is 2.70 bits per heavy atom. The van der Waals surface area contributed by atoms with Crippen molar-refractivity contribution in [1.29, 1.82) is 0 Å². The highest BCUT2D eigenvalue weighted by atomic mass is 16.4. The number of likely N-dealkylation sites (tertiary alicyclic amines) is 1. The van der Waals surface area contributed by atoms with Crippen molar-refractivity contribution >= 4 is 16.9 Å². The second-order valence-electron chi connectivity index (χ2n) is 5.38. The van der Waals surface area contributed by atoms with E-state index in [2.05, 4.69) is 28.1 Å². The monoisotopic (exact) mass is 270 g/mol. The Kier molecular flexibility index (Phi) is 3.65. The molecular formula is C16H18N2O2. The van der Waals surface area contributed by atoms with Gasteiger partial charge >= 0.3 is 5.97 Å². The highest BCUT2D eigenvalue weighted by Gasteiger charge is 2.24. The minimum Gasteiger partial charge on any atom is -0.481 e. The third kappa shape index (κ3) is 2.80. The van der Waals surface area contributed by atoms with Crippen molar-refractivity contribution in [3.63, 3.8) is 0 Å². The van der Waals surface area contributed by atoms with Crippen LogP contribution in [-0.4, -0.2) is 34.0 Å². The second-order valence-corrected chi connectivity index (χ2v) is 5.38. The lowest BCUT2D eigenvalue weighted by atomic mass is 9.97. The number of nitrogens with zero attached hydrogens (tertiary/aromatic N) is 2. The molecular weight excluding hydrogens is 252 g/mol. The number of piperidine rings is 1. The Hall–Kier alpha value is -1.94. The van der Waals surface area contributed by atoms with E-state index in [1.165, 1.54) is 0 Å². The molecule has 104 valence electrons. The molecule has 3 rings (SSSR count). The Balaban J connectivity index is 1.66. The first-order chi connectivity index (χ1) is 9.72. The van der Waals surface area contributed by atoms with Gasteiger partial charge in [-0.3, -0.25) is 14.7 Å². The number of carbonyl (C=O) groups is 1. The van der Waals surface area contributed by atoms with Crippen molar-refractivity contribution in [1.82, 2.24) is 9.88 Å². The fourth-order valence-corrected chi connectivity index (χ4v) is 2.76. The maximum atomic E-state index is 10.9. The first-order valence-electron chi connectivity index (χ1n) is 7.02. The molecule has 1 aliphatic rings. The average molecular weight is 270 g/mol. The molecule has 0 atom stereocenters. The van der Waals surface area contributed by atoms with Crippen LogP contribution in [-0.2, 0) is 11.3 Å². The summed E-state index contributed by atoms with van der Waals surface area (Å²) in [6.07, 6.45) is 1.48. The molecule has 0 amide bonds. The van der Waals surface area contributed by atoms with Gasteiger partial charge in [-0.15, -0.1) is 0 Å². The van der Waals surface area contributed by atoms with Gasteiger partial charge in [-0.1, -0.05) is 24.3 Å². The summed E-state index contributed by atoms with van der Waals surface area (Å²) in [5.41, 5.74) is 2.07. The maximum absolute atomic E-state index is 10.9. The number of para-hydroxylation sites is 1. The lowest BCUT2D eigenvalue weighted by Gasteiger charge is -2.29. The number of carboxylic acids is 1. The van der Waals surface area contributed by atoms with Gasteiger partial charge in [-0.05, 0) is 38.1 Å². The van der Waals surface area contributed by atoms with E-state index < -0.39 is 5.97 Å². The van der Waals surface area contributed by atoms with Crippen LogP contribution in [0.5, 0.6) is 0 Å². The second kappa shape index (κ2) is 5.59. The maximum Gasteiger partial charge on any atom is 0.306 e. The number of benzene rings is 1. The third-order valence-electron chi connectivity index (χ3n) is 3.98. The topological polar surface area (TPSA) is 53.4 Å². The molecule has 0 aliphatic carbocycles. The summed E-state index contributed by atoms with van der Waals surface area (Å²) in [7, 11) is 0. The quantitative estimate of drug-likeness (QED) is 0.931. The zero-order valence-corrected chi connectivity index (χ0v) is 11.3. The number of aromatic nitrogens is 1. The van der Waals surface area contributed by atoms with Gasteiger partial charge in [0.1, 0.15) is 0 Å². The zero-order chi connectivity index (χ0) is 13.9. The van der Waals surface area contributed by atoms with Gasteiger partial charge in [0.25, 0.3) is 0 Å². The van der Waals surface area contributed by atoms with Gasteiger partial charge in [-0.25, -0.2) is 0 Å². The van der Waals surface area contributed by atoms with Crippen molar-refractivity contribution in [2.24, 2.45) is 5.92 Å². The molecule has 0 radical (unpaired) electrons. The summed E-state index contributed by atoms with van der Waals surface area (Å²) in [4.78, 5) is 17.9. The number of carboxylic acid groups (broad SMARTS) is 1. The van der Waals surface area contributed by atoms with Gasteiger partial charge in [0.05, 0.1) is 17.1 Å². The molecule has 1 aromatic heterocycles. The fraction of sp³-hybridized carbons (Fsp3) is 0.375. The molecule has 1 aromatic carbocycles. The third-order valence-corrected chi connectivity index (χ3v) is 3.98. The fourth-order valence-electron chi connectivity index (χ4n) is 2.76. The van der Waals surface area contributed by atoms with Crippen LogP contribution in [0.2, 0.25) is 0 Å². The summed E-state index contributed by atoms with van der Waals surface area (Å²) >= 11 is 0. The van der Waals surface area contributed by atoms with Crippen LogP contribution in [0, 0.1) is 5.92 Å². The zero-order valence-electron chi connectivity index (χ0n) is 11.3. The molecule has 1 fully saturated rings. The van der Waals surface area contributed by atoms with Gasteiger partial charge in [-0.2, -0.15) is 0 Å². The Bertz CT molecular complexity index is 619. The summed E-state index contributed by atoms with van der Waals surface area (Å²) in [6.45, 7) is 2.48. The smallest absolute Gasteiger partial charge is 0.306 e. The normalized spacial score (nSPS) is 17.4. The summed E-state index contributed by atoms with van der Waals surface area (Å²) < 4.78 is 0. The largest absolute Gasteiger partial charge is 0.481 e. The van der Waals surface area contributed by atoms with Gasteiger partial charge in [0.15, 0.2) is 0 Å². The molecule has 0 bridgehead atoms. The van der Waals surface area contributed by atoms with E-state index in [4.69, 9.17) is 5.11 Å². The molecule has 0 spiro atoms. The molecule has 20 heavy (non-hydrogen) atoms. The van der Waals surface area contributed by atoms with E-state index in [-0.39, 0.29) is 5.92 Å². The highest BCUT2D eigenvalue weighted by Crippen LogP contribution is 2.19. The molecule has 0 saturated carbocycles. The van der Waals surface area contributed by atoms with Gasteiger partial charge < -0.3 is 5.11 Å². The van der Waals surface area contributed by atoms with Crippen molar-refractivity contribution in [3.05, 3.63) is 42.1 Å². The summed E-state index contributed by atoms with van der Waals surface area (Å²) in [6, 6.07) is 12.3. The van der Waals surface area contributed by atoms with E-state index >= 15 is 0 Å². The number of rotatable bonds is 3. The molecule has 4 nitrogen and oxygen atoms in total.